The van der Waals surface area contributed by atoms with Crippen LogP contribution in [0.15, 0.2) is 48.0 Å². The highest BCUT2D eigenvalue weighted by Gasteiger charge is 2.46. The molecule has 2 heterocycles. The topological polar surface area (TPSA) is 80.5 Å². The number of methoxy groups -OCH3 is 1. The summed E-state index contributed by atoms with van der Waals surface area (Å²) in [4.78, 5) is 29.4. The predicted molar refractivity (Wildman–Crippen MR) is 129 cm³/mol. The quantitative estimate of drug-likeness (QED) is 0.356. The summed E-state index contributed by atoms with van der Waals surface area (Å²) >= 11 is 0. The molecule has 2 aliphatic rings. The van der Waals surface area contributed by atoms with Gasteiger partial charge in [0, 0.05) is 12.0 Å². The molecule has 180 valence electrons. The standard InChI is InChI=1S/C27H32N2O5/c1-5-28(6-2)12-13-29-24(18-8-7-9-21(16-18)33-4)23(26(31)27(29)32)25(30)19-10-11-22-20(15-19)14-17(3)34-22/h7-11,15-17,24,30H,5-6,12-14H2,1-4H3/p+1/t17-,24-/m0/s1. The van der Waals surface area contributed by atoms with E-state index in [1.807, 2.05) is 43.3 Å². The number of fused-ring (bicyclic) bond motifs is 1. The van der Waals surface area contributed by atoms with Crippen molar-refractivity contribution >= 4 is 17.4 Å². The Hall–Kier alpha value is -3.32. The van der Waals surface area contributed by atoms with Crippen LogP contribution in [-0.2, 0) is 16.0 Å². The van der Waals surface area contributed by atoms with Crippen LogP contribution in [0.3, 0.4) is 0 Å². The van der Waals surface area contributed by atoms with Crippen molar-refractivity contribution in [3.63, 3.8) is 0 Å². The lowest BCUT2D eigenvalue weighted by Crippen LogP contribution is -3.12. The fourth-order valence-electron chi connectivity index (χ4n) is 4.88. The third kappa shape index (κ3) is 4.40. The Kier molecular flexibility index (Phi) is 6.93. The predicted octanol–water partition coefficient (Wildman–Crippen LogP) is 2.37. The van der Waals surface area contributed by atoms with Gasteiger partial charge in [-0.1, -0.05) is 12.1 Å². The number of hydrogen-bond donors (Lipinski definition) is 2. The van der Waals surface area contributed by atoms with Gasteiger partial charge in [-0.3, -0.25) is 9.59 Å². The third-order valence-electron chi connectivity index (χ3n) is 6.83. The molecule has 1 saturated heterocycles. The number of carbonyl (C=O) groups excluding carboxylic acids is 2. The molecule has 2 aliphatic heterocycles. The fraction of sp³-hybridized carbons (Fsp3) is 0.407. The van der Waals surface area contributed by atoms with Crippen LogP contribution in [0, 0.1) is 0 Å². The number of ether oxygens (including phenoxy) is 2. The zero-order chi connectivity index (χ0) is 24.4. The highest BCUT2D eigenvalue weighted by Crippen LogP contribution is 2.41. The van der Waals surface area contributed by atoms with Gasteiger partial charge in [0.2, 0.25) is 0 Å². The molecular formula is C27H33N2O5+. The summed E-state index contributed by atoms with van der Waals surface area (Å²) in [6.07, 6.45) is 0.800. The summed E-state index contributed by atoms with van der Waals surface area (Å²) in [5, 5.41) is 11.4. The number of Topliss-reactive ketones (excluding diaryl/α,β-unsaturated/α-hetero) is 1. The van der Waals surface area contributed by atoms with Gasteiger partial charge in [-0.05, 0) is 62.2 Å². The van der Waals surface area contributed by atoms with Gasteiger partial charge in [-0.15, -0.1) is 0 Å². The maximum absolute atomic E-state index is 13.3. The summed E-state index contributed by atoms with van der Waals surface area (Å²) in [6, 6.07) is 12.0. The van der Waals surface area contributed by atoms with Gasteiger partial charge in [-0.25, -0.2) is 0 Å². The molecular weight excluding hydrogens is 432 g/mol. The van der Waals surface area contributed by atoms with E-state index in [9.17, 15) is 14.7 Å². The van der Waals surface area contributed by atoms with Crippen molar-refractivity contribution < 1.29 is 29.1 Å². The Morgan fingerprint density at radius 3 is 2.65 bits per heavy atom. The van der Waals surface area contributed by atoms with E-state index in [4.69, 9.17) is 9.47 Å². The molecule has 2 atom stereocenters. The Bertz CT molecular complexity index is 1120. The van der Waals surface area contributed by atoms with E-state index >= 15 is 0 Å². The van der Waals surface area contributed by atoms with E-state index in [0.717, 1.165) is 36.4 Å². The fourth-order valence-corrected chi connectivity index (χ4v) is 4.88. The maximum atomic E-state index is 13.3. The van der Waals surface area contributed by atoms with Crippen LogP contribution in [-0.4, -0.2) is 61.1 Å². The second-order valence-corrected chi connectivity index (χ2v) is 8.93. The SMILES string of the molecule is CC[NH+](CC)CCN1C(=O)C(=O)C(=C(O)c2ccc3c(c2)C[C@H](C)O3)[C@@H]1c1cccc(OC)c1. The minimum absolute atomic E-state index is 0.0670. The lowest BCUT2D eigenvalue weighted by Gasteiger charge is -2.27. The first-order valence-electron chi connectivity index (χ1n) is 11.9. The number of aliphatic hydroxyl groups excluding tert-OH is 1. The molecule has 0 aromatic heterocycles. The van der Waals surface area contributed by atoms with Crippen LogP contribution in [0.1, 0.15) is 43.5 Å². The third-order valence-corrected chi connectivity index (χ3v) is 6.83. The van der Waals surface area contributed by atoms with E-state index in [1.54, 1.807) is 18.1 Å². The van der Waals surface area contributed by atoms with Crippen molar-refractivity contribution in [3.05, 3.63) is 64.7 Å². The number of rotatable bonds is 8. The van der Waals surface area contributed by atoms with Crippen molar-refractivity contribution in [1.29, 1.82) is 0 Å². The molecule has 0 aliphatic carbocycles. The van der Waals surface area contributed by atoms with E-state index in [0.29, 0.717) is 24.4 Å². The number of likely N-dealkylation sites (N-methyl/N-ethyl adjacent to an activating group) is 1. The largest absolute Gasteiger partial charge is 0.507 e. The average Bonchev–Trinajstić information content (AvgIpc) is 3.35. The minimum Gasteiger partial charge on any atom is -0.507 e. The van der Waals surface area contributed by atoms with Gasteiger partial charge in [-0.2, -0.15) is 0 Å². The first-order chi connectivity index (χ1) is 16.4. The van der Waals surface area contributed by atoms with Crippen LogP contribution in [0.2, 0.25) is 0 Å². The number of benzene rings is 2. The molecule has 7 nitrogen and oxygen atoms in total. The smallest absolute Gasteiger partial charge is 0.295 e. The van der Waals surface area contributed by atoms with Gasteiger partial charge in [0.05, 0.1) is 44.9 Å². The molecule has 0 saturated carbocycles. The van der Waals surface area contributed by atoms with E-state index in [2.05, 4.69) is 13.8 Å². The van der Waals surface area contributed by atoms with E-state index in [1.165, 1.54) is 4.90 Å². The van der Waals surface area contributed by atoms with Crippen LogP contribution < -0.4 is 14.4 Å². The number of likely N-dealkylation sites (tertiary alicyclic amines) is 1. The van der Waals surface area contributed by atoms with Crippen molar-refractivity contribution in [2.75, 3.05) is 33.3 Å². The van der Waals surface area contributed by atoms with Crippen molar-refractivity contribution in [2.45, 2.75) is 39.3 Å². The number of nitrogens with zero attached hydrogens (tertiary/aromatic N) is 1. The first-order valence-corrected chi connectivity index (χ1v) is 11.9. The molecule has 4 rings (SSSR count). The Morgan fingerprint density at radius 2 is 1.94 bits per heavy atom. The lowest BCUT2D eigenvalue weighted by atomic mass is 9.94. The summed E-state index contributed by atoms with van der Waals surface area (Å²) in [5.74, 6) is 0.00685. The van der Waals surface area contributed by atoms with Crippen LogP contribution in [0.5, 0.6) is 11.5 Å². The van der Waals surface area contributed by atoms with Crippen molar-refractivity contribution in [1.82, 2.24) is 4.90 Å². The maximum Gasteiger partial charge on any atom is 0.295 e. The summed E-state index contributed by atoms with van der Waals surface area (Å²) in [7, 11) is 1.58. The number of carbonyl (C=O) groups is 2. The number of ketones is 1. The molecule has 2 aromatic carbocycles. The monoisotopic (exact) mass is 465 g/mol. The highest BCUT2D eigenvalue weighted by molar-refractivity contribution is 6.46. The minimum atomic E-state index is -0.687. The average molecular weight is 466 g/mol. The summed E-state index contributed by atoms with van der Waals surface area (Å²) in [6.45, 7) is 9.19. The zero-order valence-corrected chi connectivity index (χ0v) is 20.3. The Labute approximate surface area is 200 Å². The zero-order valence-electron chi connectivity index (χ0n) is 20.3. The molecule has 2 aromatic rings. The van der Waals surface area contributed by atoms with Gasteiger partial charge >= 0.3 is 0 Å². The second kappa shape index (κ2) is 9.89. The van der Waals surface area contributed by atoms with Crippen molar-refractivity contribution in [3.8, 4) is 11.5 Å². The lowest BCUT2D eigenvalue weighted by molar-refractivity contribution is -0.895. The highest BCUT2D eigenvalue weighted by atomic mass is 16.5. The number of amides is 1. The Morgan fingerprint density at radius 1 is 1.18 bits per heavy atom. The Balaban J connectivity index is 1.79. The molecule has 0 unspecified atom stereocenters. The van der Waals surface area contributed by atoms with Crippen LogP contribution in [0.25, 0.3) is 5.76 Å². The summed E-state index contributed by atoms with van der Waals surface area (Å²) in [5.41, 5.74) is 2.33. The molecule has 34 heavy (non-hydrogen) atoms. The molecule has 2 N–H and O–H groups in total. The number of quaternary nitrogens is 1. The second-order valence-electron chi connectivity index (χ2n) is 8.93. The molecule has 7 heteroatoms. The summed E-state index contributed by atoms with van der Waals surface area (Å²) < 4.78 is 11.2. The molecule has 0 bridgehead atoms. The van der Waals surface area contributed by atoms with Crippen LogP contribution >= 0.6 is 0 Å². The molecule has 1 amide bonds. The molecule has 0 radical (unpaired) electrons. The first kappa shape index (κ1) is 23.8. The normalized spacial score (nSPS) is 21.1. The van der Waals surface area contributed by atoms with Gasteiger partial charge in [0.25, 0.3) is 11.7 Å². The van der Waals surface area contributed by atoms with Gasteiger partial charge < -0.3 is 24.4 Å². The van der Waals surface area contributed by atoms with E-state index in [-0.39, 0.29) is 17.4 Å². The number of nitrogens with one attached hydrogen (secondary N) is 1. The molecule has 1 fully saturated rings. The number of aliphatic hydroxyl groups is 1. The molecule has 0 spiro atoms. The van der Waals surface area contributed by atoms with Gasteiger partial charge in [0.1, 0.15) is 23.4 Å². The van der Waals surface area contributed by atoms with Gasteiger partial charge in [0.15, 0.2) is 0 Å². The number of hydrogen-bond acceptors (Lipinski definition) is 5. The van der Waals surface area contributed by atoms with Crippen LogP contribution in [0.4, 0.5) is 0 Å². The van der Waals surface area contributed by atoms with Crippen molar-refractivity contribution in [2.24, 2.45) is 0 Å². The van der Waals surface area contributed by atoms with E-state index < -0.39 is 17.7 Å².